The highest BCUT2D eigenvalue weighted by Gasteiger charge is 2.19. The van der Waals surface area contributed by atoms with Crippen LogP contribution in [0.25, 0.3) is 22.3 Å². The number of aromatic hydroxyl groups is 1. The van der Waals surface area contributed by atoms with E-state index in [1.54, 1.807) is 6.07 Å². The summed E-state index contributed by atoms with van der Waals surface area (Å²) in [5, 5.41) is 14.6. The van der Waals surface area contributed by atoms with E-state index in [9.17, 15) is 9.90 Å². The average Bonchev–Trinajstić information content (AvgIpc) is 3.25. The van der Waals surface area contributed by atoms with Gasteiger partial charge in [-0.15, -0.1) is 0 Å². The van der Waals surface area contributed by atoms with Crippen molar-refractivity contribution in [3.05, 3.63) is 76.4 Å². The Hall–Kier alpha value is -3.41. The maximum absolute atomic E-state index is 13.2. The summed E-state index contributed by atoms with van der Waals surface area (Å²) in [6.07, 6.45) is 8.57. The Morgan fingerprint density at radius 3 is 2.68 bits per heavy atom. The number of aromatic nitrogens is 3. The van der Waals surface area contributed by atoms with Crippen molar-refractivity contribution in [2.45, 2.75) is 45.1 Å². The van der Waals surface area contributed by atoms with Gasteiger partial charge in [0.2, 0.25) is 17.1 Å². The fraction of sp³-hybridized carbons (Fsp3) is 0.320. The van der Waals surface area contributed by atoms with Crippen molar-refractivity contribution in [2.75, 3.05) is 0 Å². The number of benzene rings is 2. The highest BCUT2D eigenvalue weighted by atomic mass is 16.5. The van der Waals surface area contributed by atoms with Gasteiger partial charge in [-0.25, -0.2) is 0 Å². The van der Waals surface area contributed by atoms with E-state index >= 15 is 0 Å². The third-order valence-electron chi connectivity index (χ3n) is 6.15. The summed E-state index contributed by atoms with van der Waals surface area (Å²) in [4.78, 5) is 17.7. The zero-order valence-electron chi connectivity index (χ0n) is 17.3. The van der Waals surface area contributed by atoms with Crippen molar-refractivity contribution in [2.24, 2.45) is 5.92 Å². The van der Waals surface area contributed by atoms with Crippen molar-refractivity contribution in [3.8, 4) is 17.1 Å². The highest BCUT2D eigenvalue weighted by molar-refractivity contribution is 5.84. The molecule has 158 valence electrons. The Labute approximate surface area is 180 Å². The summed E-state index contributed by atoms with van der Waals surface area (Å²) in [6, 6.07) is 14.9. The van der Waals surface area contributed by atoms with E-state index in [4.69, 9.17) is 4.52 Å². The van der Waals surface area contributed by atoms with Gasteiger partial charge in [-0.1, -0.05) is 54.8 Å². The smallest absolute Gasteiger partial charge is 0.231 e. The molecule has 0 atom stereocenters. The van der Waals surface area contributed by atoms with Crippen molar-refractivity contribution < 1.29 is 9.63 Å². The van der Waals surface area contributed by atoms with Gasteiger partial charge in [-0.2, -0.15) is 4.98 Å². The molecule has 0 bridgehead atoms. The largest absolute Gasteiger partial charge is 0.508 e. The second-order valence-electron chi connectivity index (χ2n) is 8.40. The normalized spacial score (nSPS) is 14.8. The van der Waals surface area contributed by atoms with Crippen LogP contribution in [-0.4, -0.2) is 19.8 Å². The summed E-state index contributed by atoms with van der Waals surface area (Å²) in [5.74, 6) is 1.41. The van der Waals surface area contributed by atoms with Gasteiger partial charge in [0.25, 0.3) is 0 Å². The molecule has 4 aromatic rings. The molecule has 5 rings (SSSR count). The lowest BCUT2D eigenvalue weighted by atomic mass is 9.89. The van der Waals surface area contributed by atoms with Crippen LogP contribution in [0.15, 0.2) is 64.0 Å². The quantitative estimate of drug-likeness (QED) is 0.500. The van der Waals surface area contributed by atoms with Gasteiger partial charge in [-0.3, -0.25) is 4.79 Å². The first kappa shape index (κ1) is 19.5. The van der Waals surface area contributed by atoms with Crippen LogP contribution in [0.5, 0.6) is 5.75 Å². The Bertz CT molecular complexity index is 1250. The molecular weight excluding hydrogens is 390 g/mol. The summed E-state index contributed by atoms with van der Waals surface area (Å²) in [5.41, 5.74) is 2.09. The van der Waals surface area contributed by atoms with E-state index in [0.29, 0.717) is 35.0 Å². The molecule has 2 aromatic heterocycles. The molecule has 2 heterocycles. The number of pyridine rings is 1. The Morgan fingerprint density at radius 1 is 1.06 bits per heavy atom. The minimum Gasteiger partial charge on any atom is -0.508 e. The van der Waals surface area contributed by atoms with E-state index < -0.39 is 0 Å². The van der Waals surface area contributed by atoms with Crippen LogP contribution in [0.1, 0.15) is 43.6 Å². The van der Waals surface area contributed by atoms with Gasteiger partial charge in [0, 0.05) is 12.7 Å². The van der Waals surface area contributed by atoms with Gasteiger partial charge in [-0.05, 0) is 42.5 Å². The number of nitrogens with zero attached hydrogens (tertiary/aromatic N) is 3. The van der Waals surface area contributed by atoms with E-state index in [2.05, 4.69) is 14.7 Å². The van der Waals surface area contributed by atoms with Crippen molar-refractivity contribution in [3.63, 3.8) is 0 Å². The van der Waals surface area contributed by atoms with Crippen molar-refractivity contribution >= 4 is 10.9 Å². The molecule has 31 heavy (non-hydrogen) atoms. The molecule has 0 aliphatic heterocycles. The van der Waals surface area contributed by atoms with Crippen LogP contribution in [-0.2, 0) is 13.0 Å². The average molecular weight is 415 g/mol. The molecule has 1 fully saturated rings. The number of phenols is 1. The van der Waals surface area contributed by atoms with Crippen molar-refractivity contribution in [1.29, 1.82) is 0 Å². The zero-order chi connectivity index (χ0) is 21.2. The van der Waals surface area contributed by atoms with Gasteiger partial charge in [0.15, 0.2) is 0 Å². The van der Waals surface area contributed by atoms with Gasteiger partial charge < -0.3 is 14.2 Å². The summed E-state index contributed by atoms with van der Waals surface area (Å²) < 4.78 is 7.56. The standard InChI is InChI=1S/C25H25N3O3/c29-19-11-12-22-20(14-19)24(30)21(16-28(22)15-18-9-5-2-6-10-18)25-26-23(31-27-25)13-17-7-3-1-4-8-17/h1,3-4,7-8,11-12,14,16,18,29H,2,5-6,9-10,13,15H2. The Morgan fingerprint density at radius 2 is 1.87 bits per heavy atom. The Kier molecular flexibility index (Phi) is 5.28. The van der Waals surface area contributed by atoms with E-state index in [1.807, 2.05) is 42.6 Å². The minimum atomic E-state index is -0.196. The predicted molar refractivity (Wildman–Crippen MR) is 119 cm³/mol. The molecule has 6 heteroatoms. The molecule has 1 N–H and O–H groups in total. The molecule has 6 nitrogen and oxygen atoms in total. The van der Waals surface area contributed by atoms with Crippen molar-refractivity contribution in [1.82, 2.24) is 14.7 Å². The number of fused-ring (bicyclic) bond motifs is 1. The lowest BCUT2D eigenvalue weighted by Gasteiger charge is -2.24. The first-order valence-electron chi connectivity index (χ1n) is 10.9. The van der Waals surface area contributed by atoms with Crippen LogP contribution >= 0.6 is 0 Å². The number of rotatable bonds is 5. The summed E-state index contributed by atoms with van der Waals surface area (Å²) in [6.45, 7) is 0.837. The molecule has 1 aliphatic rings. The third-order valence-corrected chi connectivity index (χ3v) is 6.15. The monoisotopic (exact) mass is 415 g/mol. The maximum Gasteiger partial charge on any atom is 0.231 e. The van der Waals surface area contributed by atoms with Crippen LogP contribution in [0, 0.1) is 5.92 Å². The second kappa shape index (κ2) is 8.38. The fourth-order valence-corrected chi connectivity index (χ4v) is 4.55. The molecule has 0 unspecified atom stereocenters. The molecule has 0 amide bonds. The molecule has 0 spiro atoms. The van der Waals surface area contributed by atoms with Crippen LogP contribution < -0.4 is 5.43 Å². The van der Waals surface area contributed by atoms with E-state index in [1.165, 1.54) is 38.2 Å². The fourth-order valence-electron chi connectivity index (χ4n) is 4.55. The number of hydrogen-bond donors (Lipinski definition) is 1. The summed E-state index contributed by atoms with van der Waals surface area (Å²) >= 11 is 0. The lowest BCUT2D eigenvalue weighted by molar-refractivity contribution is 0.322. The molecule has 1 aliphatic carbocycles. The summed E-state index contributed by atoms with van der Waals surface area (Å²) in [7, 11) is 0. The Balaban J connectivity index is 1.55. The highest BCUT2D eigenvalue weighted by Crippen LogP contribution is 2.28. The van der Waals surface area contributed by atoms with E-state index in [-0.39, 0.29) is 11.2 Å². The van der Waals surface area contributed by atoms with Crippen LogP contribution in [0.3, 0.4) is 0 Å². The second-order valence-corrected chi connectivity index (χ2v) is 8.40. The number of hydrogen-bond acceptors (Lipinski definition) is 5. The third kappa shape index (κ3) is 4.10. The number of phenolic OH excluding ortho intramolecular Hbond substituents is 1. The molecular formula is C25H25N3O3. The SMILES string of the molecule is O=c1c(-c2noc(Cc3ccccc3)n2)cn(CC2CCCCC2)c2ccc(O)cc12. The van der Waals surface area contributed by atoms with Crippen LogP contribution in [0.2, 0.25) is 0 Å². The van der Waals surface area contributed by atoms with Gasteiger partial charge >= 0.3 is 0 Å². The minimum absolute atomic E-state index is 0.0730. The molecule has 1 saturated carbocycles. The van der Waals surface area contributed by atoms with Crippen LogP contribution in [0.4, 0.5) is 0 Å². The topological polar surface area (TPSA) is 81.2 Å². The molecule has 0 radical (unpaired) electrons. The van der Waals surface area contributed by atoms with Gasteiger partial charge in [0.1, 0.15) is 5.75 Å². The maximum atomic E-state index is 13.2. The molecule has 0 saturated heterocycles. The zero-order valence-corrected chi connectivity index (χ0v) is 17.3. The van der Waals surface area contributed by atoms with E-state index in [0.717, 1.165) is 17.6 Å². The lowest BCUT2D eigenvalue weighted by Crippen LogP contribution is -2.18. The first-order valence-corrected chi connectivity index (χ1v) is 10.9. The first-order chi connectivity index (χ1) is 15.2. The van der Waals surface area contributed by atoms with Gasteiger partial charge in [0.05, 0.1) is 22.9 Å². The molecule has 2 aromatic carbocycles. The predicted octanol–water partition coefficient (Wildman–Crippen LogP) is 4.93.